The van der Waals surface area contributed by atoms with Crippen LogP contribution in [0.2, 0.25) is 0 Å². The number of ether oxygens (including phenoxy) is 2. The molecule has 0 spiro atoms. The van der Waals surface area contributed by atoms with Crippen LogP contribution >= 0.6 is 0 Å². The molecule has 0 aromatic carbocycles. The number of aliphatic hydroxyl groups is 1. The van der Waals surface area contributed by atoms with E-state index in [1.165, 1.54) is 51.6 Å². The number of hydrogen-bond donors (Lipinski definition) is 1. The Morgan fingerprint density at radius 2 is 1.84 bits per heavy atom. The standard InChI is InChI=1S/C32H53N2O4/c1-5-14-34(15-6-7-16-34)28-20-26-24-9-8-23-19-29(36)27(33-12-17-37-18-13-33)21-32(23,4)25(24)10-11-31(26,3)30(28)38-22(2)35/h5,23-30,36H,1,6-21H2,2-4H3/q+1/t23-,24+,25-,26-,27-,28-,29-,30-,31?,32?/m0/s1. The lowest BCUT2D eigenvalue weighted by Gasteiger charge is -2.62. The van der Waals surface area contributed by atoms with Gasteiger partial charge >= 0.3 is 5.97 Å². The number of aliphatic hydroxyl groups excluding tert-OH is 1. The summed E-state index contributed by atoms with van der Waals surface area (Å²) in [5.74, 6) is 2.54. The minimum Gasteiger partial charge on any atom is -0.456 e. The molecule has 10 atom stereocenters. The quantitative estimate of drug-likeness (QED) is 0.325. The van der Waals surface area contributed by atoms with Gasteiger partial charge in [0.2, 0.25) is 0 Å². The summed E-state index contributed by atoms with van der Waals surface area (Å²) in [4.78, 5) is 15.0. The molecule has 214 valence electrons. The first kappa shape index (κ1) is 27.2. The van der Waals surface area contributed by atoms with Crippen LogP contribution in [0.4, 0.5) is 0 Å². The molecular formula is C32H53N2O4+. The number of nitrogens with zero attached hydrogens (tertiary/aromatic N) is 2. The van der Waals surface area contributed by atoms with E-state index in [1.54, 1.807) is 6.92 Å². The Labute approximate surface area is 230 Å². The van der Waals surface area contributed by atoms with Gasteiger partial charge in [-0.3, -0.25) is 9.69 Å². The molecule has 4 saturated carbocycles. The highest BCUT2D eigenvalue weighted by Gasteiger charge is 2.67. The lowest BCUT2D eigenvalue weighted by molar-refractivity contribution is -0.937. The van der Waals surface area contributed by atoms with Gasteiger partial charge in [-0.1, -0.05) is 20.4 Å². The van der Waals surface area contributed by atoms with Crippen LogP contribution in [0.25, 0.3) is 0 Å². The Hall–Kier alpha value is -0.950. The van der Waals surface area contributed by atoms with Crippen LogP contribution in [0.5, 0.6) is 0 Å². The molecule has 1 N–H and O–H groups in total. The number of likely N-dealkylation sites (tertiary alicyclic amines) is 1. The van der Waals surface area contributed by atoms with Crippen LogP contribution in [0.3, 0.4) is 0 Å². The van der Waals surface area contributed by atoms with Crippen LogP contribution in [-0.2, 0) is 14.3 Å². The van der Waals surface area contributed by atoms with Crippen molar-refractivity contribution in [1.29, 1.82) is 0 Å². The van der Waals surface area contributed by atoms with E-state index >= 15 is 0 Å². The van der Waals surface area contributed by atoms with Crippen LogP contribution in [-0.4, -0.2) is 90.7 Å². The lowest BCUT2D eigenvalue weighted by atomic mass is 9.44. The third kappa shape index (κ3) is 4.23. The van der Waals surface area contributed by atoms with E-state index in [-0.39, 0.29) is 35.0 Å². The lowest BCUT2D eigenvalue weighted by Crippen LogP contribution is -2.61. The molecule has 6 nitrogen and oxygen atoms in total. The molecule has 0 bridgehead atoms. The first-order valence-corrected chi connectivity index (χ1v) is 15.9. The molecule has 6 rings (SSSR count). The molecule has 6 heteroatoms. The van der Waals surface area contributed by atoms with E-state index < -0.39 is 0 Å². The van der Waals surface area contributed by atoms with Gasteiger partial charge in [-0.15, -0.1) is 0 Å². The Kier molecular flexibility index (Phi) is 7.27. The van der Waals surface area contributed by atoms with E-state index in [4.69, 9.17) is 9.47 Å². The molecule has 0 aromatic heterocycles. The van der Waals surface area contributed by atoms with Gasteiger partial charge in [0, 0.05) is 50.7 Å². The monoisotopic (exact) mass is 529 g/mol. The number of quaternary nitrogens is 1. The zero-order chi connectivity index (χ0) is 26.7. The van der Waals surface area contributed by atoms with Crippen molar-refractivity contribution in [2.75, 3.05) is 45.9 Å². The maximum absolute atomic E-state index is 12.5. The van der Waals surface area contributed by atoms with E-state index in [9.17, 15) is 9.90 Å². The molecule has 0 aromatic rings. The third-order valence-electron chi connectivity index (χ3n) is 13.1. The summed E-state index contributed by atoms with van der Waals surface area (Å²) in [6.07, 6.45) is 12.7. The number of carbonyl (C=O) groups is 1. The summed E-state index contributed by atoms with van der Waals surface area (Å²) in [6, 6.07) is 0.663. The number of carbonyl (C=O) groups excluding carboxylic acids is 1. The average Bonchev–Trinajstić information content (AvgIpc) is 3.48. The molecule has 2 aliphatic heterocycles. The fraction of sp³-hybridized carbons (Fsp3) is 0.906. The maximum atomic E-state index is 12.5. The van der Waals surface area contributed by atoms with Crippen molar-refractivity contribution < 1.29 is 23.9 Å². The van der Waals surface area contributed by atoms with Crippen molar-refractivity contribution in [3.8, 4) is 0 Å². The minimum absolute atomic E-state index is 0.0174. The van der Waals surface area contributed by atoms with Crippen molar-refractivity contribution in [3.63, 3.8) is 0 Å². The van der Waals surface area contributed by atoms with E-state index in [0.29, 0.717) is 29.7 Å². The highest BCUT2D eigenvalue weighted by Crippen LogP contribution is 2.67. The molecule has 0 radical (unpaired) electrons. The van der Waals surface area contributed by atoms with Gasteiger partial charge < -0.3 is 19.1 Å². The van der Waals surface area contributed by atoms with Gasteiger partial charge in [-0.2, -0.15) is 0 Å². The Morgan fingerprint density at radius 3 is 2.53 bits per heavy atom. The molecule has 6 fully saturated rings. The SMILES string of the molecule is C=CC[N+]1([C@H]2C[C@H]3[C@@H]4CC[C@H]5C[C@H](O)[C@@H](N6CCOCC6)CC5(C)[C@H]4CCC3(C)[C@H]2OC(C)=O)CCCC1. The average molecular weight is 530 g/mol. The molecule has 2 unspecified atom stereocenters. The van der Waals surface area contributed by atoms with Gasteiger partial charge in [0.25, 0.3) is 0 Å². The fourth-order valence-electron chi connectivity index (χ4n) is 11.3. The van der Waals surface area contributed by atoms with Crippen LogP contribution in [0.15, 0.2) is 12.7 Å². The smallest absolute Gasteiger partial charge is 0.303 e. The molecule has 2 heterocycles. The van der Waals surface area contributed by atoms with Gasteiger partial charge in [-0.25, -0.2) is 0 Å². The molecule has 0 amide bonds. The molecular weight excluding hydrogens is 476 g/mol. The number of morpholine rings is 1. The number of rotatable bonds is 5. The predicted molar refractivity (Wildman–Crippen MR) is 148 cm³/mol. The van der Waals surface area contributed by atoms with Crippen molar-refractivity contribution >= 4 is 5.97 Å². The van der Waals surface area contributed by atoms with E-state index in [2.05, 4.69) is 31.4 Å². The predicted octanol–water partition coefficient (Wildman–Crippen LogP) is 4.41. The van der Waals surface area contributed by atoms with Crippen molar-refractivity contribution in [2.45, 2.75) is 103 Å². The normalized spacial score (nSPS) is 48.5. The molecule has 38 heavy (non-hydrogen) atoms. The van der Waals surface area contributed by atoms with E-state index in [0.717, 1.165) is 56.6 Å². The highest BCUT2D eigenvalue weighted by atomic mass is 16.5. The summed E-state index contributed by atoms with van der Waals surface area (Å²) in [5.41, 5.74) is 0.343. The molecule has 2 saturated heterocycles. The molecule has 6 aliphatic rings. The summed E-state index contributed by atoms with van der Waals surface area (Å²) in [7, 11) is 0. The summed E-state index contributed by atoms with van der Waals surface area (Å²) in [6.45, 7) is 17.7. The number of esters is 1. The van der Waals surface area contributed by atoms with Crippen molar-refractivity contribution in [3.05, 3.63) is 12.7 Å². The van der Waals surface area contributed by atoms with Gasteiger partial charge in [0.15, 0.2) is 6.10 Å². The Bertz CT molecular complexity index is 898. The summed E-state index contributed by atoms with van der Waals surface area (Å²) >= 11 is 0. The van der Waals surface area contributed by atoms with Crippen molar-refractivity contribution in [2.24, 2.45) is 34.5 Å². The zero-order valence-corrected chi connectivity index (χ0v) is 24.3. The molecule has 4 aliphatic carbocycles. The Morgan fingerprint density at radius 1 is 1.11 bits per heavy atom. The topological polar surface area (TPSA) is 59.0 Å². The zero-order valence-electron chi connectivity index (χ0n) is 24.3. The first-order chi connectivity index (χ1) is 18.2. The highest BCUT2D eigenvalue weighted by molar-refractivity contribution is 5.66. The van der Waals surface area contributed by atoms with Crippen LogP contribution in [0, 0.1) is 34.5 Å². The van der Waals surface area contributed by atoms with Gasteiger partial charge in [0.05, 0.1) is 39.0 Å². The fourth-order valence-corrected chi connectivity index (χ4v) is 11.3. The number of hydrogen-bond acceptors (Lipinski definition) is 5. The maximum Gasteiger partial charge on any atom is 0.303 e. The van der Waals surface area contributed by atoms with Gasteiger partial charge in [-0.05, 0) is 73.7 Å². The second kappa shape index (κ2) is 10.2. The third-order valence-corrected chi connectivity index (χ3v) is 13.1. The second-order valence-corrected chi connectivity index (χ2v) is 14.6. The van der Waals surface area contributed by atoms with Crippen LogP contribution in [0.1, 0.15) is 78.6 Å². The van der Waals surface area contributed by atoms with E-state index in [1.807, 2.05) is 0 Å². The van der Waals surface area contributed by atoms with Crippen molar-refractivity contribution in [1.82, 2.24) is 4.90 Å². The summed E-state index contributed by atoms with van der Waals surface area (Å²) in [5, 5.41) is 11.3. The summed E-state index contributed by atoms with van der Waals surface area (Å²) < 4.78 is 13.1. The minimum atomic E-state index is -0.209. The largest absolute Gasteiger partial charge is 0.456 e. The Balaban J connectivity index is 1.30. The van der Waals surface area contributed by atoms with Gasteiger partial charge in [0.1, 0.15) is 6.04 Å². The van der Waals surface area contributed by atoms with Crippen LogP contribution < -0.4 is 0 Å². The number of fused-ring (bicyclic) bond motifs is 5. The first-order valence-electron chi connectivity index (χ1n) is 15.9. The second-order valence-electron chi connectivity index (χ2n) is 14.6.